The molecule has 4 heteroatoms. The highest BCUT2D eigenvalue weighted by Crippen LogP contribution is 2.40. The van der Waals surface area contributed by atoms with Crippen molar-refractivity contribution in [2.24, 2.45) is 0 Å². The van der Waals surface area contributed by atoms with Crippen LogP contribution in [-0.2, 0) is 0 Å². The fourth-order valence-corrected chi connectivity index (χ4v) is 8.98. The molecule has 0 atom stereocenters. The normalized spacial score (nSPS) is 11.0. The molecule has 0 aromatic heterocycles. The van der Waals surface area contributed by atoms with Crippen LogP contribution in [0.4, 0.5) is 34.1 Å². The van der Waals surface area contributed by atoms with Gasteiger partial charge in [-0.15, -0.1) is 0 Å². The van der Waals surface area contributed by atoms with Crippen molar-refractivity contribution in [3.8, 4) is 55.6 Å². The summed E-state index contributed by atoms with van der Waals surface area (Å²) in [6.45, 7) is 0. The summed E-state index contributed by atoms with van der Waals surface area (Å²) >= 11 is 4.72. The van der Waals surface area contributed by atoms with Crippen molar-refractivity contribution in [3.63, 3.8) is 0 Å². The first-order valence-electron chi connectivity index (χ1n) is 21.4. The fourth-order valence-electron chi connectivity index (χ4n) is 8.26. The second-order valence-electron chi connectivity index (χ2n) is 15.7. The fraction of sp³-hybridized carbons (Fsp3) is 0. The highest BCUT2D eigenvalue weighted by molar-refractivity contribution is 14.1. The molecule has 0 unspecified atom stereocenters. The molecule has 0 saturated heterocycles. The Morgan fingerprint density at radius 3 is 0.516 bits per heavy atom. The summed E-state index contributed by atoms with van der Waals surface area (Å²) in [4.78, 5) is 4.67. The van der Waals surface area contributed by atoms with Gasteiger partial charge >= 0.3 is 0 Å². The Balaban J connectivity index is 0.959. The van der Waals surface area contributed by atoms with Crippen LogP contribution in [-0.4, -0.2) is 0 Å². The minimum Gasteiger partial charge on any atom is -0.311 e. The Bertz CT molecular complexity index is 2910. The largest absolute Gasteiger partial charge is 0.311 e. The summed E-state index contributed by atoms with van der Waals surface area (Å²) < 4.78 is 2.46. The zero-order chi connectivity index (χ0) is 43.2. The van der Waals surface area contributed by atoms with Gasteiger partial charge in [-0.3, -0.25) is 0 Å². The van der Waals surface area contributed by atoms with Gasteiger partial charge < -0.3 is 9.80 Å². The molecule has 0 heterocycles. The molecule has 0 radical (unpaired) electrons. The van der Waals surface area contributed by atoms with Crippen LogP contribution in [0.15, 0.2) is 255 Å². The third kappa shape index (κ3) is 9.16. The molecule has 0 aliphatic heterocycles. The van der Waals surface area contributed by atoms with E-state index >= 15 is 0 Å². The first-order chi connectivity index (χ1) is 31.5. The summed E-state index contributed by atoms with van der Waals surface area (Å²) in [6, 6.07) is 91.9. The zero-order valence-electron chi connectivity index (χ0n) is 34.9. The van der Waals surface area contributed by atoms with Crippen molar-refractivity contribution < 1.29 is 0 Å². The third-order valence-electron chi connectivity index (χ3n) is 11.7. The molecule has 0 bridgehead atoms. The van der Waals surface area contributed by atoms with Gasteiger partial charge in [-0.1, -0.05) is 158 Å². The Labute approximate surface area is 403 Å². The maximum absolute atomic E-state index is 2.36. The van der Waals surface area contributed by atoms with Crippen molar-refractivity contribution in [3.05, 3.63) is 262 Å². The maximum atomic E-state index is 2.36. The molecule has 0 aliphatic rings. The van der Waals surface area contributed by atoms with Gasteiger partial charge in [0.25, 0.3) is 0 Å². The standard InChI is InChI=1S/C60H42I2N2/c61-53-27-11-45(12-28-53)49-19-35-57(36-20-49)64(58-37-21-50(22-38-58)46-13-29-54(62)30-14-46)60-41-25-52(26-42-60)51-23-39-59(40-24-51)63(55-31-15-47(16-32-55)43-7-3-1-4-8-43)56-33-17-48(18-34-56)44-9-5-2-6-10-44/h1-42H. The molecule has 0 aliphatic carbocycles. The topological polar surface area (TPSA) is 6.48 Å². The van der Waals surface area contributed by atoms with E-state index < -0.39 is 0 Å². The highest BCUT2D eigenvalue weighted by atomic mass is 127. The lowest BCUT2D eigenvalue weighted by Crippen LogP contribution is -2.10. The Morgan fingerprint density at radius 1 is 0.172 bits per heavy atom. The van der Waals surface area contributed by atoms with Crippen molar-refractivity contribution >= 4 is 79.3 Å². The summed E-state index contributed by atoms with van der Waals surface area (Å²) in [5, 5.41) is 0. The molecule has 10 rings (SSSR count). The molecule has 10 aromatic carbocycles. The molecule has 64 heavy (non-hydrogen) atoms. The number of benzene rings is 10. The lowest BCUT2D eigenvalue weighted by Gasteiger charge is -2.27. The van der Waals surface area contributed by atoms with Crippen LogP contribution in [0.1, 0.15) is 0 Å². The molecule has 0 saturated carbocycles. The predicted octanol–water partition coefficient (Wildman–Crippen LogP) is 18.2. The minimum atomic E-state index is 1.09. The average molecular weight is 1040 g/mol. The van der Waals surface area contributed by atoms with Crippen LogP contribution in [0.25, 0.3) is 55.6 Å². The number of halogens is 2. The first kappa shape index (κ1) is 41.3. The van der Waals surface area contributed by atoms with Gasteiger partial charge in [-0.25, -0.2) is 0 Å². The number of rotatable bonds is 11. The Hall–Kier alpha value is -6.74. The number of nitrogens with zero attached hydrogens (tertiary/aromatic N) is 2. The summed E-state index contributed by atoms with van der Waals surface area (Å²) in [6.07, 6.45) is 0. The summed E-state index contributed by atoms with van der Waals surface area (Å²) in [7, 11) is 0. The molecule has 0 fully saturated rings. The van der Waals surface area contributed by atoms with Gasteiger partial charge in [0.15, 0.2) is 0 Å². The first-order valence-corrected chi connectivity index (χ1v) is 23.5. The van der Waals surface area contributed by atoms with Gasteiger partial charge in [0.05, 0.1) is 0 Å². The van der Waals surface area contributed by atoms with E-state index in [0.717, 1.165) is 45.3 Å². The summed E-state index contributed by atoms with van der Waals surface area (Å²) in [5.41, 5.74) is 18.5. The lowest BCUT2D eigenvalue weighted by molar-refractivity contribution is 1.28. The highest BCUT2D eigenvalue weighted by Gasteiger charge is 2.16. The molecule has 306 valence electrons. The summed E-state index contributed by atoms with van der Waals surface area (Å²) in [5.74, 6) is 0. The molecule has 10 aromatic rings. The van der Waals surface area contributed by atoms with Gasteiger partial charge in [0.2, 0.25) is 0 Å². The van der Waals surface area contributed by atoms with Crippen LogP contribution in [0.3, 0.4) is 0 Å². The second-order valence-corrected chi connectivity index (χ2v) is 18.2. The van der Waals surface area contributed by atoms with Gasteiger partial charge in [0, 0.05) is 41.3 Å². The van der Waals surface area contributed by atoms with Crippen molar-refractivity contribution in [1.29, 1.82) is 0 Å². The number of anilines is 6. The second kappa shape index (κ2) is 18.9. The lowest BCUT2D eigenvalue weighted by atomic mass is 10.0. The average Bonchev–Trinajstić information content (AvgIpc) is 3.37. The molecule has 0 amide bonds. The van der Waals surface area contributed by atoms with Gasteiger partial charge in [-0.2, -0.15) is 0 Å². The van der Waals surface area contributed by atoms with E-state index in [1.54, 1.807) is 0 Å². The maximum Gasteiger partial charge on any atom is 0.0462 e. The van der Waals surface area contributed by atoms with E-state index in [1.165, 1.54) is 51.6 Å². The molecule has 2 nitrogen and oxygen atoms in total. The molecule has 0 spiro atoms. The van der Waals surface area contributed by atoms with Crippen LogP contribution >= 0.6 is 45.2 Å². The molecular weight excluding hydrogens is 1000 g/mol. The van der Waals surface area contributed by atoms with E-state index in [9.17, 15) is 0 Å². The van der Waals surface area contributed by atoms with E-state index in [-0.39, 0.29) is 0 Å². The quantitative estimate of drug-likeness (QED) is 0.119. The zero-order valence-corrected chi connectivity index (χ0v) is 39.2. The number of hydrogen-bond acceptors (Lipinski definition) is 2. The van der Waals surface area contributed by atoms with E-state index in [0.29, 0.717) is 0 Å². The number of hydrogen-bond donors (Lipinski definition) is 0. The van der Waals surface area contributed by atoms with E-state index in [4.69, 9.17) is 0 Å². The SMILES string of the molecule is Ic1ccc(-c2ccc(N(c3ccc(-c4ccc(I)cc4)cc3)c3ccc(-c4ccc(N(c5ccc(-c6ccccc6)cc5)c5ccc(-c6ccccc6)cc5)cc4)cc3)cc2)cc1. The van der Waals surface area contributed by atoms with Crippen LogP contribution in [0, 0.1) is 7.14 Å². The molecule has 0 N–H and O–H groups in total. The van der Waals surface area contributed by atoms with Crippen molar-refractivity contribution in [2.45, 2.75) is 0 Å². The van der Waals surface area contributed by atoms with Crippen molar-refractivity contribution in [1.82, 2.24) is 0 Å². The molecular formula is C60H42I2N2. The Kier molecular flexibility index (Phi) is 12.2. The van der Waals surface area contributed by atoms with Gasteiger partial charge in [-0.05, 0) is 198 Å². The Morgan fingerprint density at radius 2 is 0.328 bits per heavy atom. The van der Waals surface area contributed by atoms with Crippen LogP contribution in [0.5, 0.6) is 0 Å². The minimum absolute atomic E-state index is 1.09. The monoisotopic (exact) mass is 1040 g/mol. The third-order valence-corrected chi connectivity index (χ3v) is 13.1. The van der Waals surface area contributed by atoms with E-state index in [2.05, 4.69) is 310 Å². The smallest absolute Gasteiger partial charge is 0.0462 e. The van der Waals surface area contributed by atoms with Crippen LogP contribution in [0.2, 0.25) is 0 Å². The van der Waals surface area contributed by atoms with Gasteiger partial charge in [0.1, 0.15) is 0 Å². The van der Waals surface area contributed by atoms with Crippen molar-refractivity contribution in [2.75, 3.05) is 9.80 Å². The van der Waals surface area contributed by atoms with Crippen LogP contribution < -0.4 is 9.80 Å². The predicted molar refractivity (Wildman–Crippen MR) is 288 cm³/mol. The van der Waals surface area contributed by atoms with E-state index in [1.807, 2.05) is 0 Å².